The lowest BCUT2D eigenvalue weighted by molar-refractivity contribution is -0.137. The number of nitrogens with zero attached hydrogens (tertiary/aromatic N) is 5. The van der Waals surface area contributed by atoms with E-state index in [9.17, 15) is 22.0 Å². The Morgan fingerprint density at radius 2 is 1.94 bits per heavy atom. The molecule has 0 spiro atoms. The van der Waals surface area contributed by atoms with Crippen LogP contribution in [0.2, 0.25) is 0 Å². The molecule has 3 N–H and O–H groups in total. The van der Waals surface area contributed by atoms with Crippen LogP contribution < -0.4 is 20.7 Å². The number of nitrogens with one attached hydrogen (secondary N) is 1. The van der Waals surface area contributed by atoms with Gasteiger partial charge in [-0.1, -0.05) is 0 Å². The number of nitrogens with two attached hydrogens (primary N) is 1. The molecule has 47 heavy (non-hydrogen) atoms. The second-order valence-corrected chi connectivity index (χ2v) is 14.0. The van der Waals surface area contributed by atoms with Crippen molar-refractivity contribution >= 4 is 22.5 Å². The van der Waals surface area contributed by atoms with Gasteiger partial charge >= 0.3 is 12.2 Å². The first kappa shape index (κ1) is 30.7. The lowest BCUT2D eigenvalue weighted by atomic mass is 9.90. The van der Waals surface area contributed by atoms with Crippen LogP contribution in [0, 0.1) is 18.7 Å². The van der Waals surface area contributed by atoms with Crippen LogP contribution in [0.15, 0.2) is 29.9 Å². The summed E-state index contributed by atoms with van der Waals surface area (Å²) in [6.45, 7) is 3.33. The van der Waals surface area contributed by atoms with Gasteiger partial charge in [0, 0.05) is 47.7 Å². The maximum Gasteiger partial charge on any atom is 0.418 e. The molecule has 3 atom stereocenters. The molecule has 3 aromatic rings. The van der Waals surface area contributed by atoms with Gasteiger partial charge in [-0.2, -0.15) is 31.9 Å². The van der Waals surface area contributed by atoms with Crippen molar-refractivity contribution in [1.29, 1.82) is 0 Å². The summed E-state index contributed by atoms with van der Waals surface area (Å²) >= 11 is 0. The van der Waals surface area contributed by atoms with Crippen LogP contribution in [-0.4, -0.2) is 69.8 Å². The summed E-state index contributed by atoms with van der Waals surface area (Å²) in [6, 6.07) is 3.98. The quantitative estimate of drug-likeness (QED) is 0.301. The van der Waals surface area contributed by atoms with Gasteiger partial charge in [-0.25, -0.2) is 9.37 Å². The average Bonchev–Trinajstić information content (AvgIpc) is 3.61. The molecule has 1 aromatic carbocycles. The molecule has 4 saturated heterocycles. The highest BCUT2D eigenvalue weighted by Crippen LogP contribution is 2.49. The van der Waals surface area contributed by atoms with E-state index in [4.69, 9.17) is 15.5 Å². The lowest BCUT2D eigenvalue weighted by Gasteiger charge is -2.42. The molecule has 2 aromatic heterocycles. The number of piperazine rings is 1. The Balaban J connectivity index is 1.24. The number of hydrogen-bond acceptors (Lipinski definition) is 8. The SMILES string of the molecule is Cc1cc(N)nc(-c2ccc3c(N4C[C@@H]5CC[C@](C6CC6)(C4)N5)nc(OC[C@@]45CCCN4CC(=C(F)F)C5)nc3c2F)c1C(F)(F)F. The van der Waals surface area contributed by atoms with Crippen molar-refractivity contribution in [2.45, 2.75) is 75.2 Å². The van der Waals surface area contributed by atoms with Crippen LogP contribution in [0.25, 0.3) is 22.2 Å². The highest BCUT2D eigenvalue weighted by atomic mass is 19.4. The minimum absolute atomic E-state index is 0.0143. The first-order chi connectivity index (χ1) is 22.4. The molecule has 5 fully saturated rings. The van der Waals surface area contributed by atoms with Crippen molar-refractivity contribution in [2.75, 3.05) is 43.4 Å². The third kappa shape index (κ3) is 5.09. The average molecular weight is 660 g/mol. The first-order valence-electron chi connectivity index (χ1n) is 16.1. The molecule has 8 nitrogen and oxygen atoms in total. The summed E-state index contributed by atoms with van der Waals surface area (Å²) < 4.78 is 92.8. The Hall–Kier alpha value is -3.65. The van der Waals surface area contributed by atoms with E-state index in [-0.39, 0.29) is 59.6 Å². The molecule has 0 unspecified atom stereocenters. The summed E-state index contributed by atoms with van der Waals surface area (Å²) in [5.41, 5.74) is 2.71. The largest absolute Gasteiger partial charge is 0.461 e. The minimum atomic E-state index is -4.82. The number of benzene rings is 1. The monoisotopic (exact) mass is 659 g/mol. The fourth-order valence-corrected chi connectivity index (χ4v) is 8.69. The molecule has 0 amide bonds. The molecule has 1 aliphatic carbocycles. The predicted molar refractivity (Wildman–Crippen MR) is 164 cm³/mol. The molecular formula is C33H35F6N7O. The van der Waals surface area contributed by atoms with E-state index < -0.39 is 40.4 Å². The number of nitrogen functional groups attached to an aromatic ring is 1. The second kappa shape index (κ2) is 10.7. The predicted octanol–water partition coefficient (Wildman–Crippen LogP) is 6.23. The molecule has 2 bridgehead atoms. The summed E-state index contributed by atoms with van der Waals surface area (Å²) in [5.74, 6) is -0.201. The number of halogens is 6. The number of aryl methyl sites for hydroxylation is 1. The fraction of sp³-hybridized carbons (Fsp3) is 0.545. The van der Waals surface area contributed by atoms with E-state index in [1.165, 1.54) is 19.1 Å². The van der Waals surface area contributed by atoms with E-state index in [1.54, 1.807) is 0 Å². The number of aromatic nitrogens is 3. The third-order valence-corrected chi connectivity index (χ3v) is 10.9. The fourth-order valence-electron chi connectivity index (χ4n) is 8.69. The number of hydrogen-bond donors (Lipinski definition) is 2. The molecule has 5 aliphatic rings. The van der Waals surface area contributed by atoms with Crippen molar-refractivity contribution in [3.05, 3.63) is 46.8 Å². The Morgan fingerprint density at radius 3 is 2.68 bits per heavy atom. The number of fused-ring (bicyclic) bond motifs is 4. The number of alkyl halides is 3. The van der Waals surface area contributed by atoms with E-state index in [1.807, 2.05) is 4.90 Å². The summed E-state index contributed by atoms with van der Waals surface area (Å²) in [7, 11) is 0. The van der Waals surface area contributed by atoms with Crippen LogP contribution in [-0.2, 0) is 6.18 Å². The third-order valence-electron chi connectivity index (χ3n) is 10.9. The van der Waals surface area contributed by atoms with E-state index in [2.05, 4.69) is 20.2 Å². The Bertz CT molecular complexity index is 1810. The molecule has 250 valence electrons. The standard InChI is InChI=1S/C33H35F6N7O/c1-17-11-23(40)41-26(24(17)33(37,38)39)21-5-6-22-27(25(21)34)42-30(47-16-31-8-2-10-46(31)13-18(12-31)28(35)36)43-29(22)45-14-20-7-9-32(15-45,44-20)19-3-4-19/h5-6,11,19-20,44H,2-4,7-10,12-16H2,1H3,(H2,40,41)/t20-,31-,32+/m0/s1. The second-order valence-electron chi connectivity index (χ2n) is 14.0. The van der Waals surface area contributed by atoms with Crippen LogP contribution >= 0.6 is 0 Å². The highest BCUT2D eigenvalue weighted by molar-refractivity contribution is 5.94. The molecule has 6 heterocycles. The maximum atomic E-state index is 16.7. The Kier molecular flexibility index (Phi) is 6.97. The maximum absolute atomic E-state index is 16.7. The van der Waals surface area contributed by atoms with Crippen molar-refractivity contribution in [1.82, 2.24) is 25.2 Å². The summed E-state index contributed by atoms with van der Waals surface area (Å²) in [6.07, 6.45) is -0.595. The highest BCUT2D eigenvalue weighted by Gasteiger charge is 2.53. The number of pyridine rings is 1. The van der Waals surface area contributed by atoms with Gasteiger partial charge in [-0.15, -0.1) is 0 Å². The van der Waals surface area contributed by atoms with Gasteiger partial charge in [0.05, 0.1) is 16.8 Å². The first-order valence-corrected chi connectivity index (χ1v) is 16.1. The topological polar surface area (TPSA) is 92.4 Å². The van der Waals surface area contributed by atoms with Gasteiger partial charge in [-0.05, 0) is 88.1 Å². The van der Waals surface area contributed by atoms with Crippen LogP contribution in [0.1, 0.15) is 56.1 Å². The lowest BCUT2D eigenvalue weighted by Crippen LogP contribution is -2.61. The van der Waals surface area contributed by atoms with Gasteiger partial charge in [0.15, 0.2) is 5.82 Å². The molecule has 1 saturated carbocycles. The zero-order valence-electron chi connectivity index (χ0n) is 25.9. The smallest absolute Gasteiger partial charge is 0.418 e. The van der Waals surface area contributed by atoms with Crippen LogP contribution in [0.4, 0.5) is 38.0 Å². The van der Waals surface area contributed by atoms with Crippen LogP contribution in [0.3, 0.4) is 0 Å². The van der Waals surface area contributed by atoms with Crippen molar-refractivity contribution < 1.29 is 31.1 Å². The molecule has 14 heteroatoms. The Labute approximate surface area is 267 Å². The van der Waals surface area contributed by atoms with Gasteiger partial charge in [0.2, 0.25) is 0 Å². The molecule has 8 rings (SSSR count). The minimum Gasteiger partial charge on any atom is -0.461 e. The normalized spacial score (nSPS) is 27.6. The summed E-state index contributed by atoms with van der Waals surface area (Å²) in [5, 5.41) is 4.15. The van der Waals surface area contributed by atoms with E-state index in [0.29, 0.717) is 43.2 Å². The molecule has 0 radical (unpaired) electrons. The van der Waals surface area contributed by atoms with E-state index >= 15 is 4.39 Å². The number of rotatable bonds is 6. The number of ether oxygens (including phenoxy) is 1. The van der Waals surface area contributed by atoms with Gasteiger partial charge in [0.1, 0.15) is 23.8 Å². The van der Waals surface area contributed by atoms with Crippen LogP contribution in [0.5, 0.6) is 6.01 Å². The zero-order valence-corrected chi connectivity index (χ0v) is 25.9. The van der Waals surface area contributed by atoms with Crippen molar-refractivity contribution in [3.63, 3.8) is 0 Å². The van der Waals surface area contributed by atoms with Gasteiger partial charge in [0.25, 0.3) is 6.08 Å². The Morgan fingerprint density at radius 1 is 1.13 bits per heavy atom. The zero-order chi connectivity index (χ0) is 32.9. The van der Waals surface area contributed by atoms with Gasteiger partial charge in [-0.3, -0.25) is 4.90 Å². The van der Waals surface area contributed by atoms with Crippen molar-refractivity contribution in [2.24, 2.45) is 5.92 Å². The molecular weight excluding hydrogens is 624 g/mol. The summed E-state index contributed by atoms with van der Waals surface area (Å²) in [4.78, 5) is 17.3. The number of anilines is 2. The van der Waals surface area contributed by atoms with Crippen molar-refractivity contribution in [3.8, 4) is 17.3 Å². The molecule has 4 aliphatic heterocycles. The van der Waals surface area contributed by atoms with Gasteiger partial charge < -0.3 is 20.7 Å². The van der Waals surface area contributed by atoms with E-state index in [0.717, 1.165) is 38.2 Å².